The van der Waals surface area contributed by atoms with E-state index in [-0.39, 0.29) is 29.6 Å². The number of nitrogens with one attached hydrogen (secondary N) is 2. The summed E-state index contributed by atoms with van der Waals surface area (Å²) in [5.74, 6) is -1.04. The third-order valence-corrected chi connectivity index (χ3v) is 8.50. The molecular formula is C36H32N4O7S. The van der Waals surface area contributed by atoms with Gasteiger partial charge in [0.25, 0.3) is 17.5 Å². The highest BCUT2D eigenvalue weighted by Crippen LogP contribution is 2.35. The topological polar surface area (TPSA) is 148 Å². The Morgan fingerprint density at radius 2 is 1.65 bits per heavy atom. The normalized spacial score (nSPS) is 14.5. The summed E-state index contributed by atoms with van der Waals surface area (Å²) in [5.41, 5.74) is 1.53. The van der Waals surface area contributed by atoms with Crippen LogP contribution in [-0.4, -0.2) is 40.4 Å². The van der Waals surface area contributed by atoms with Gasteiger partial charge >= 0.3 is 0 Å². The van der Waals surface area contributed by atoms with Gasteiger partial charge in [-0.05, 0) is 90.9 Å². The van der Waals surface area contributed by atoms with Gasteiger partial charge < -0.3 is 15.4 Å². The lowest BCUT2D eigenvalue weighted by Crippen LogP contribution is -2.31. The molecule has 0 radical (unpaired) electrons. The molecule has 11 nitrogen and oxygen atoms in total. The minimum atomic E-state index is -0.618. The Labute approximate surface area is 281 Å². The first-order chi connectivity index (χ1) is 23.2. The number of imide groups is 1. The molecule has 0 bridgehead atoms. The molecule has 244 valence electrons. The van der Waals surface area contributed by atoms with Crippen molar-refractivity contribution in [1.82, 2.24) is 5.32 Å². The van der Waals surface area contributed by atoms with Crippen molar-refractivity contribution in [1.29, 1.82) is 0 Å². The highest BCUT2D eigenvalue weighted by atomic mass is 32.2. The van der Waals surface area contributed by atoms with Gasteiger partial charge in [-0.1, -0.05) is 31.5 Å². The molecular weight excluding hydrogens is 632 g/mol. The average molecular weight is 665 g/mol. The van der Waals surface area contributed by atoms with Crippen LogP contribution in [0.25, 0.3) is 6.08 Å². The second-order valence-corrected chi connectivity index (χ2v) is 12.1. The van der Waals surface area contributed by atoms with Crippen LogP contribution in [0.2, 0.25) is 0 Å². The average Bonchev–Trinajstić information content (AvgIpc) is 3.37. The lowest BCUT2D eigenvalue weighted by atomic mass is 10.1. The number of hydrogen-bond donors (Lipinski definition) is 2. The summed E-state index contributed by atoms with van der Waals surface area (Å²) in [6, 6.07) is 27.6. The lowest BCUT2D eigenvalue weighted by Gasteiger charge is -2.16. The number of nitro groups is 1. The van der Waals surface area contributed by atoms with E-state index < -0.39 is 22.0 Å². The third kappa shape index (κ3) is 8.53. The van der Waals surface area contributed by atoms with Crippen LogP contribution < -0.4 is 20.3 Å². The van der Waals surface area contributed by atoms with Crippen LogP contribution in [0.1, 0.15) is 42.1 Å². The maximum Gasteiger partial charge on any atom is 0.272 e. The van der Waals surface area contributed by atoms with Crippen LogP contribution in [0.4, 0.5) is 17.1 Å². The number of unbranched alkanes of at least 4 members (excludes halogenated alkanes) is 1. The molecule has 12 heteroatoms. The number of nitrogens with zero attached hydrogens (tertiary/aromatic N) is 2. The van der Waals surface area contributed by atoms with Crippen LogP contribution in [0.15, 0.2) is 114 Å². The van der Waals surface area contributed by atoms with E-state index in [2.05, 4.69) is 17.6 Å². The summed E-state index contributed by atoms with van der Waals surface area (Å²) < 4.78 is 5.68. The van der Waals surface area contributed by atoms with Crippen molar-refractivity contribution in [2.75, 3.05) is 16.8 Å². The van der Waals surface area contributed by atoms with Gasteiger partial charge in [0.2, 0.25) is 11.8 Å². The fraction of sp³-hybridized carbons (Fsp3) is 0.167. The first-order valence-corrected chi connectivity index (χ1v) is 16.1. The van der Waals surface area contributed by atoms with E-state index >= 15 is 0 Å². The molecule has 1 unspecified atom stereocenters. The largest absolute Gasteiger partial charge is 0.494 e. The standard InChI is InChI=1S/C36H32N4O7S/c1-2-3-21-47-29-17-15-27(16-18-29)39-33(41)23-32(36(39)44)48-30-19-11-26(12-20-30)37-35(43)31(38-34(42)25-7-5-4-6-8-25)22-24-9-13-28(14-10-24)40(45)46/h4-20,22,32H,2-3,21,23H2,1H3,(H,37,43)(H,38,42)/b31-22-. The number of ether oxygens (including phenoxy) is 1. The van der Waals surface area contributed by atoms with Gasteiger partial charge in [-0.15, -0.1) is 11.8 Å². The van der Waals surface area contributed by atoms with E-state index in [0.717, 1.165) is 17.7 Å². The van der Waals surface area contributed by atoms with Crippen molar-refractivity contribution in [3.05, 3.63) is 130 Å². The minimum absolute atomic E-state index is 0.0502. The molecule has 1 aliphatic rings. The number of carbonyl (C=O) groups excluding carboxylic acids is 4. The van der Waals surface area contributed by atoms with Crippen LogP contribution in [0.5, 0.6) is 5.75 Å². The molecule has 0 aliphatic carbocycles. The van der Waals surface area contributed by atoms with Crippen molar-refractivity contribution < 1.29 is 28.8 Å². The summed E-state index contributed by atoms with van der Waals surface area (Å²) in [5, 5.41) is 15.8. The van der Waals surface area contributed by atoms with Gasteiger partial charge in [0.1, 0.15) is 11.4 Å². The van der Waals surface area contributed by atoms with Crippen molar-refractivity contribution in [2.45, 2.75) is 36.3 Å². The fourth-order valence-corrected chi connectivity index (χ4v) is 5.83. The number of thioether (sulfide) groups is 1. The lowest BCUT2D eigenvalue weighted by molar-refractivity contribution is -0.384. The zero-order valence-corrected chi connectivity index (χ0v) is 26.8. The summed E-state index contributed by atoms with van der Waals surface area (Å²) in [6.45, 7) is 2.68. The van der Waals surface area contributed by atoms with E-state index in [1.54, 1.807) is 78.9 Å². The zero-order chi connectivity index (χ0) is 34.0. The van der Waals surface area contributed by atoms with Crippen LogP contribution in [0, 0.1) is 10.1 Å². The smallest absolute Gasteiger partial charge is 0.272 e. The molecule has 1 aliphatic heterocycles. The molecule has 4 aromatic rings. The van der Waals surface area contributed by atoms with Gasteiger partial charge in [-0.2, -0.15) is 0 Å². The second kappa shape index (κ2) is 15.7. The molecule has 4 aromatic carbocycles. The number of benzene rings is 4. The van der Waals surface area contributed by atoms with E-state index in [9.17, 15) is 29.3 Å². The summed E-state index contributed by atoms with van der Waals surface area (Å²) in [6.07, 6.45) is 3.43. The Hall–Kier alpha value is -5.75. The number of nitro benzene ring substituents is 1. The highest BCUT2D eigenvalue weighted by Gasteiger charge is 2.40. The van der Waals surface area contributed by atoms with Gasteiger partial charge in [0, 0.05) is 34.7 Å². The molecule has 2 N–H and O–H groups in total. The second-order valence-electron chi connectivity index (χ2n) is 10.8. The van der Waals surface area contributed by atoms with Gasteiger partial charge in [-0.25, -0.2) is 4.90 Å². The maximum atomic E-state index is 13.4. The van der Waals surface area contributed by atoms with Crippen molar-refractivity contribution in [3.8, 4) is 5.75 Å². The number of anilines is 2. The van der Waals surface area contributed by atoms with E-state index in [0.29, 0.717) is 34.9 Å². The molecule has 1 atom stereocenters. The minimum Gasteiger partial charge on any atom is -0.494 e. The summed E-state index contributed by atoms with van der Waals surface area (Å²) >= 11 is 1.26. The molecule has 0 spiro atoms. The number of hydrogen-bond acceptors (Lipinski definition) is 8. The number of non-ortho nitro benzene ring substituents is 1. The molecule has 48 heavy (non-hydrogen) atoms. The number of rotatable bonds is 13. The Morgan fingerprint density at radius 1 is 0.958 bits per heavy atom. The van der Waals surface area contributed by atoms with Crippen LogP contribution in [0.3, 0.4) is 0 Å². The van der Waals surface area contributed by atoms with Crippen molar-refractivity contribution in [2.24, 2.45) is 0 Å². The molecule has 5 rings (SSSR count). The van der Waals surface area contributed by atoms with E-state index in [1.165, 1.54) is 47.0 Å². The number of carbonyl (C=O) groups is 4. The van der Waals surface area contributed by atoms with E-state index in [1.807, 2.05) is 0 Å². The predicted octanol–water partition coefficient (Wildman–Crippen LogP) is 6.61. The fourth-order valence-electron chi connectivity index (χ4n) is 4.77. The molecule has 1 saturated heterocycles. The van der Waals surface area contributed by atoms with Crippen molar-refractivity contribution in [3.63, 3.8) is 0 Å². The molecule has 0 aromatic heterocycles. The first kappa shape index (κ1) is 33.6. The van der Waals surface area contributed by atoms with Crippen LogP contribution in [-0.2, 0) is 14.4 Å². The SMILES string of the molecule is CCCCOc1ccc(N2C(=O)CC(Sc3ccc(NC(=O)/C(=C/c4ccc([N+](=O)[O-])cc4)NC(=O)c4ccccc4)cc3)C2=O)cc1. The highest BCUT2D eigenvalue weighted by molar-refractivity contribution is 8.00. The molecule has 1 heterocycles. The van der Waals surface area contributed by atoms with Gasteiger partial charge in [0.05, 0.1) is 22.5 Å². The molecule has 4 amide bonds. The monoisotopic (exact) mass is 664 g/mol. The first-order valence-electron chi connectivity index (χ1n) is 15.2. The van der Waals surface area contributed by atoms with Crippen molar-refractivity contribution >= 4 is 58.5 Å². The summed E-state index contributed by atoms with van der Waals surface area (Å²) in [4.78, 5) is 64.7. The van der Waals surface area contributed by atoms with Gasteiger partial charge in [0.15, 0.2) is 0 Å². The Kier molecular flexibility index (Phi) is 11.0. The Morgan fingerprint density at radius 3 is 2.29 bits per heavy atom. The van der Waals surface area contributed by atoms with Crippen LogP contribution >= 0.6 is 11.8 Å². The van der Waals surface area contributed by atoms with Gasteiger partial charge in [-0.3, -0.25) is 29.3 Å². The quantitative estimate of drug-likeness (QED) is 0.0534. The third-order valence-electron chi connectivity index (χ3n) is 7.30. The molecule has 0 saturated carbocycles. The Bertz CT molecular complexity index is 1830. The predicted molar refractivity (Wildman–Crippen MR) is 184 cm³/mol. The molecule has 1 fully saturated rings. The summed E-state index contributed by atoms with van der Waals surface area (Å²) in [7, 11) is 0. The maximum absolute atomic E-state index is 13.4. The number of amides is 4. The zero-order valence-electron chi connectivity index (χ0n) is 26.0. The van der Waals surface area contributed by atoms with E-state index in [4.69, 9.17) is 4.74 Å². The Balaban J connectivity index is 1.25.